The maximum absolute atomic E-state index is 12.4. The van der Waals surface area contributed by atoms with E-state index in [4.69, 9.17) is 0 Å². The summed E-state index contributed by atoms with van der Waals surface area (Å²) >= 11 is 0. The normalized spacial score (nSPS) is 16.2. The minimum atomic E-state index is 0.190. The molecule has 0 spiro atoms. The molecule has 0 saturated carbocycles. The number of nitrogens with one attached hydrogen (secondary N) is 1. The summed E-state index contributed by atoms with van der Waals surface area (Å²) in [6, 6.07) is 8.24. The third kappa shape index (κ3) is 3.82. The summed E-state index contributed by atoms with van der Waals surface area (Å²) in [5.41, 5.74) is 0.907. The van der Waals surface area contributed by atoms with Crippen molar-refractivity contribution in [2.24, 2.45) is 0 Å². The van der Waals surface area contributed by atoms with E-state index < -0.39 is 0 Å². The van der Waals surface area contributed by atoms with E-state index in [1.54, 1.807) is 6.33 Å². The average Bonchev–Trinajstić information content (AvgIpc) is 2.62. The van der Waals surface area contributed by atoms with E-state index in [1.807, 2.05) is 36.2 Å². The first-order valence-corrected chi connectivity index (χ1v) is 8.53. The third-order valence-corrected chi connectivity index (χ3v) is 4.80. The predicted molar refractivity (Wildman–Crippen MR) is 95.9 cm³/mol. The molecule has 0 unspecified atom stereocenters. The number of amides is 1. The quantitative estimate of drug-likeness (QED) is 0.910. The Morgan fingerprint density at radius 1 is 1.29 bits per heavy atom. The number of anilines is 1. The highest BCUT2D eigenvalue weighted by atomic mass is 16.2. The molecule has 1 N–H and O–H groups in total. The highest BCUT2D eigenvalue weighted by Crippen LogP contribution is 2.18. The van der Waals surface area contributed by atoms with Crippen molar-refractivity contribution in [2.45, 2.75) is 25.3 Å². The van der Waals surface area contributed by atoms with Gasteiger partial charge < -0.3 is 15.1 Å². The van der Waals surface area contributed by atoms with Crippen molar-refractivity contribution >= 4 is 22.6 Å². The van der Waals surface area contributed by atoms with Crippen LogP contribution in [-0.2, 0) is 4.79 Å². The molecule has 1 saturated heterocycles. The van der Waals surface area contributed by atoms with E-state index in [1.165, 1.54) is 0 Å². The van der Waals surface area contributed by atoms with Crippen LogP contribution in [0.3, 0.4) is 0 Å². The second kappa shape index (κ2) is 7.57. The Hall–Kier alpha value is -2.21. The van der Waals surface area contributed by atoms with Crippen LogP contribution in [0.5, 0.6) is 0 Å². The molecule has 6 nitrogen and oxygen atoms in total. The van der Waals surface area contributed by atoms with Gasteiger partial charge in [-0.3, -0.25) is 4.79 Å². The number of carbonyl (C=O) groups excluding carboxylic acids is 1. The Morgan fingerprint density at radius 3 is 2.83 bits per heavy atom. The van der Waals surface area contributed by atoms with Gasteiger partial charge in [-0.1, -0.05) is 12.1 Å². The van der Waals surface area contributed by atoms with Crippen LogP contribution in [0.2, 0.25) is 0 Å². The fourth-order valence-electron chi connectivity index (χ4n) is 3.20. The highest BCUT2D eigenvalue weighted by Gasteiger charge is 2.23. The van der Waals surface area contributed by atoms with Gasteiger partial charge in [-0.25, -0.2) is 9.97 Å². The molecular formula is C18H25N5O. The first-order chi connectivity index (χ1) is 11.6. The largest absolute Gasteiger partial charge is 0.369 e. The van der Waals surface area contributed by atoms with Crippen molar-refractivity contribution in [3.05, 3.63) is 30.6 Å². The molecule has 128 valence electrons. The van der Waals surface area contributed by atoms with Crippen LogP contribution in [0.1, 0.15) is 19.3 Å². The summed E-state index contributed by atoms with van der Waals surface area (Å²) in [5, 5.41) is 4.26. The molecule has 0 aliphatic carbocycles. The molecule has 1 aromatic carbocycles. The van der Waals surface area contributed by atoms with Gasteiger partial charge in [-0.15, -0.1) is 0 Å². The zero-order chi connectivity index (χ0) is 16.9. The lowest BCUT2D eigenvalue weighted by Gasteiger charge is -2.35. The molecule has 1 aliphatic heterocycles. The van der Waals surface area contributed by atoms with E-state index in [-0.39, 0.29) is 5.91 Å². The summed E-state index contributed by atoms with van der Waals surface area (Å²) < 4.78 is 0. The van der Waals surface area contributed by atoms with Crippen LogP contribution in [0, 0.1) is 0 Å². The minimum Gasteiger partial charge on any atom is -0.369 e. The third-order valence-electron chi connectivity index (χ3n) is 4.80. The van der Waals surface area contributed by atoms with E-state index in [0.29, 0.717) is 19.0 Å². The Balaban J connectivity index is 1.53. The van der Waals surface area contributed by atoms with Gasteiger partial charge in [0.1, 0.15) is 12.1 Å². The lowest BCUT2D eigenvalue weighted by molar-refractivity contribution is -0.132. The molecule has 2 aromatic rings. The van der Waals surface area contributed by atoms with Crippen molar-refractivity contribution in [1.29, 1.82) is 0 Å². The van der Waals surface area contributed by atoms with Gasteiger partial charge in [-0.2, -0.15) is 0 Å². The standard InChI is InChI=1S/C18H25N5O/c1-22-11-8-14(9-12-22)23(2)17(24)7-10-19-18-15-5-3-4-6-16(15)20-13-21-18/h3-6,13-14H,7-12H2,1-2H3,(H,19,20,21). The maximum atomic E-state index is 12.4. The summed E-state index contributed by atoms with van der Waals surface area (Å²) in [7, 11) is 4.06. The Labute approximate surface area is 142 Å². The number of hydrogen-bond donors (Lipinski definition) is 1. The Morgan fingerprint density at radius 2 is 2.04 bits per heavy atom. The van der Waals surface area contributed by atoms with Crippen molar-refractivity contribution in [3.8, 4) is 0 Å². The van der Waals surface area contributed by atoms with Gasteiger partial charge in [0.2, 0.25) is 5.91 Å². The monoisotopic (exact) mass is 327 g/mol. The lowest BCUT2D eigenvalue weighted by Crippen LogP contribution is -2.44. The number of rotatable bonds is 5. The molecule has 0 bridgehead atoms. The molecule has 0 radical (unpaired) electrons. The van der Waals surface area contributed by atoms with Crippen LogP contribution in [0.4, 0.5) is 5.82 Å². The molecule has 1 aromatic heterocycles. The van der Waals surface area contributed by atoms with Gasteiger partial charge in [-0.05, 0) is 45.1 Å². The Bertz CT molecular complexity index is 691. The summed E-state index contributed by atoms with van der Waals surface area (Å²) in [6.07, 6.45) is 4.14. The zero-order valence-corrected chi connectivity index (χ0v) is 14.4. The highest BCUT2D eigenvalue weighted by molar-refractivity contribution is 5.88. The van der Waals surface area contributed by atoms with Crippen molar-refractivity contribution < 1.29 is 4.79 Å². The van der Waals surface area contributed by atoms with Gasteiger partial charge in [0, 0.05) is 31.4 Å². The lowest BCUT2D eigenvalue weighted by atomic mass is 10.0. The van der Waals surface area contributed by atoms with Gasteiger partial charge in [0.05, 0.1) is 5.52 Å². The van der Waals surface area contributed by atoms with Crippen LogP contribution in [0.15, 0.2) is 30.6 Å². The van der Waals surface area contributed by atoms with E-state index in [2.05, 4.69) is 27.2 Å². The molecule has 1 amide bonds. The number of piperidine rings is 1. The first-order valence-electron chi connectivity index (χ1n) is 8.53. The van der Waals surface area contributed by atoms with Crippen LogP contribution in [-0.4, -0.2) is 65.4 Å². The van der Waals surface area contributed by atoms with Crippen molar-refractivity contribution in [1.82, 2.24) is 19.8 Å². The van der Waals surface area contributed by atoms with Crippen LogP contribution >= 0.6 is 0 Å². The van der Waals surface area contributed by atoms with E-state index in [0.717, 1.165) is 42.7 Å². The summed E-state index contributed by atoms with van der Waals surface area (Å²) in [6.45, 7) is 2.71. The predicted octanol–water partition coefficient (Wildman–Crippen LogP) is 1.98. The number of hydrogen-bond acceptors (Lipinski definition) is 5. The topological polar surface area (TPSA) is 61.4 Å². The van der Waals surface area contributed by atoms with E-state index >= 15 is 0 Å². The van der Waals surface area contributed by atoms with Crippen LogP contribution in [0.25, 0.3) is 10.9 Å². The molecule has 24 heavy (non-hydrogen) atoms. The van der Waals surface area contributed by atoms with Crippen molar-refractivity contribution in [3.63, 3.8) is 0 Å². The van der Waals surface area contributed by atoms with Crippen molar-refractivity contribution in [2.75, 3.05) is 39.0 Å². The fourth-order valence-corrected chi connectivity index (χ4v) is 3.20. The Kier molecular flexibility index (Phi) is 5.25. The smallest absolute Gasteiger partial charge is 0.224 e. The summed E-state index contributed by atoms with van der Waals surface area (Å²) in [5.74, 6) is 0.978. The van der Waals surface area contributed by atoms with Crippen LogP contribution < -0.4 is 5.32 Å². The molecule has 2 heterocycles. The number of nitrogens with zero attached hydrogens (tertiary/aromatic N) is 4. The minimum absolute atomic E-state index is 0.190. The van der Waals surface area contributed by atoms with Gasteiger partial charge >= 0.3 is 0 Å². The number of fused-ring (bicyclic) bond motifs is 1. The SMILES string of the molecule is CN1CCC(N(C)C(=O)CCNc2ncnc3ccccc23)CC1. The number of aromatic nitrogens is 2. The fraction of sp³-hybridized carbons (Fsp3) is 0.500. The number of likely N-dealkylation sites (tertiary alicyclic amines) is 1. The van der Waals surface area contributed by atoms with E-state index in [9.17, 15) is 4.79 Å². The first kappa shape index (κ1) is 16.6. The number of para-hydroxylation sites is 1. The molecule has 6 heteroatoms. The second-order valence-electron chi connectivity index (χ2n) is 6.46. The number of carbonyl (C=O) groups is 1. The average molecular weight is 327 g/mol. The maximum Gasteiger partial charge on any atom is 0.224 e. The summed E-state index contributed by atoms with van der Waals surface area (Å²) in [4.78, 5) is 25.2. The molecule has 1 fully saturated rings. The van der Waals surface area contributed by atoms with Gasteiger partial charge in [0.25, 0.3) is 0 Å². The molecule has 1 aliphatic rings. The second-order valence-corrected chi connectivity index (χ2v) is 6.46. The molecular weight excluding hydrogens is 302 g/mol. The van der Waals surface area contributed by atoms with Gasteiger partial charge in [0.15, 0.2) is 0 Å². The molecule has 0 atom stereocenters. The molecule has 3 rings (SSSR count). The zero-order valence-electron chi connectivity index (χ0n) is 14.4. The number of benzene rings is 1.